The van der Waals surface area contributed by atoms with Gasteiger partial charge >= 0.3 is 5.97 Å². The second-order valence-corrected chi connectivity index (χ2v) is 8.84. The monoisotopic (exact) mass is 382 g/mol. The number of carboxylic acid groups (broad SMARTS) is 1. The maximum Gasteiger partial charge on any atom is 0.326 e. The van der Waals surface area contributed by atoms with Gasteiger partial charge in [-0.05, 0) is 43.4 Å². The van der Waals surface area contributed by atoms with Crippen LogP contribution < -0.4 is 10.0 Å². The van der Waals surface area contributed by atoms with Gasteiger partial charge in [-0.25, -0.2) is 17.9 Å². The fourth-order valence-corrected chi connectivity index (χ4v) is 4.42. The van der Waals surface area contributed by atoms with Crippen LogP contribution in [0.25, 0.3) is 0 Å². The summed E-state index contributed by atoms with van der Waals surface area (Å²) in [6, 6.07) is 4.58. The summed E-state index contributed by atoms with van der Waals surface area (Å²) in [6.45, 7) is 3.73. The second kappa shape index (κ2) is 8.64. The van der Waals surface area contributed by atoms with Gasteiger partial charge in [0, 0.05) is 11.6 Å². The van der Waals surface area contributed by atoms with Crippen molar-refractivity contribution in [3.8, 4) is 0 Å². The van der Waals surface area contributed by atoms with Gasteiger partial charge in [0.1, 0.15) is 6.04 Å². The predicted molar refractivity (Wildman–Crippen MR) is 97.4 cm³/mol. The SMILES string of the molecule is CC(C)C[C@H](NC(=O)c1cccc(S(=O)(=O)NC2CCCC2)c1)C(=O)O. The lowest BCUT2D eigenvalue weighted by Crippen LogP contribution is -2.41. The minimum Gasteiger partial charge on any atom is -0.480 e. The highest BCUT2D eigenvalue weighted by atomic mass is 32.2. The van der Waals surface area contributed by atoms with E-state index >= 15 is 0 Å². The molecule has 7 nitrogen and oxygen atoms in total. The van der Waals surface area contributed by atoms with Crippen molar-refractivity contribution in [2.75, 3.05) is 0 Å². The van der Waals surface area contributed by atoms with Crippen molar-refractivity contribution in [2.24, 2.45) is 5.92 Å². The largest absolute Gasteiger partial charge is 0.480 e. The van der Waals surface area contributed by atoms with E-state index in [9.17, 15) is 23.1 Å². The van der Waals surface area contributed by atoms with Gasteiger partial charge in [0.15, 0.2) is 0 Å². The molecule has 1 aliphatic carbocycles. The lowest BCUT2D eigenvalue weighted by Gasteiger charge is -2.17. The van der Waals surface area contributed by atoms with Crippen LogP contribution in [0.3, 0.4) is 0 Å². The lowest BCUT2D eigenvalue weighted by molar-refractivity contribution is -0.139. The van der Waals surface area contributed by atoms with Gasteiger partial charge in [-0.2, -0.15) is 0 Å². The van der Waals surface area contributed by atoms with Gasteiger partial charge < -0.3 is 10.4 Å². The van der Waals surface area contributed by atoms with Crippen LogP contribution in [0.15, 0.2) is 29.2 Å². The van der Waals surface area contributed by atoms with E-state index in [-0.39, 0.29) is 22.4 Å². The first-order valence-electron chi connectivity index (χ1n) is 8.85. The Morgan fingerprint density at radius 2 is 1.88 bits per heavy atom. The molecule has 1 atom stereocenters. The number of hydrogen-bond acceptors (Lipinski definition) is 4. The molecule has 1 aromatic carbocycles. The maximum atomic E-state index is 12.5. The molecule has 0 radical (unpaired) electrons. The van der Waals surface area contributed by atoms with Crippen LogP contribution in [-0.4, -0.2) is 37.5 Å². The Kier molecular flexibility index (Phi) is 6.77. The topological polar surface area (TPSA) is 113 Å². The molecule has 1 saturated carbocycles. The zero-order valence-corrected chi connectivity index (χ0v) is 15.9. The Labute approximate surface area is 154 Å². The summed E-state index contributed by atoms with van der Waals surface area (Å²) >= 11 is 0. The molecule has 26 heavy (non-hydrogen) atoms. The average Bonchev–Trinajstić information content (AvgIpc) is 3.06. The lowest BCUT2D eigenvalue weighted by atomic mass is 10.0. The molecule has 0 unspecified atom stereocenters. The highest BCUT2D eigenvalue weighted by Crippen LogP contribution is 2.21. The Morgan fingerprint density at radius 3 is 2.46 bits per heavy atom. The number of hydrogen-bond donors (Lipinski definition) is 3. The van der Waals surface area contributed by atoms with E-state index in [1.165, 1.54) is 24.3 Å². The number of amides is 1. The standard InChI is InChI=1S/C18H26N2O5S/c1-12(2)10-16(18(22)23)19-17(21)13-6-5-9-15(11-13)26(24,25)20-14-7-3-4-8-14/h5-6,9,11-12,14,16,20H,3-4,7-8,10H2,1-2H3,(H,19,21)(H,22,23)/t16-/m0/s1. The first-order chi connectivity index (χ1) is 12.2. The van der Waals surface area contributed by atoms with Crippen molar-refractivity contribution in [1.82, 2.24) is 10.0 Å². The summed E-state index contributed by atoms with van der Waals surface area (Å²) in [7, 11) is -3.71. The molecule has 8 heteroatoms. The summed E-state index contributed by atoms with van der Waals surface area (Å²) in [5.41, 5.74) is 0.120. The Balaban J connectivity index is 2.14. The van der Waals surface area contributed by atoms with E-state index < -0.39 is 27.9 Å². The number of aliphatic carboxylic acids is 1. The fraction of sp³-hybridized carbons (Fsp3) is 0.556. The van der Waals surface area contributed by atoms with Gasteiger partial charge in [0.05, 0.1) is 4.90 Å². The highest BCUT2D eigenvalue weighted by molar-refractivity contribution is 7.89. The maximum absolute atomic E-state index is 12.5. The quantitative estimate of drug-likeness (QED) is 0.638. The molecular formula is C18H26N2O5S. The summed E-state index contributed by atoms with van der Waals surface area (Å²) in [5.74, 6) is -1.62. The molecule has 1 aromatic rings. The van der Waals surface area contributed by atoms with Gasteiger partial charge in [-0.1, -0.05) is 32.8 Å². The molecule has 0 aromatic heterocycles. The third-order valence-electron chi connectivity index (χ3n) is 4.39. The van der Waals surface area contributed by atoms with E-state index in [1.54, 1.807) is 0 Å². The molecule has 2 rings (SSSR count). The minimum atomic E-state index is -3.71. The number of nitrogens with one attached hydrogen (secondary N) is 2. The Hall–Kier alpha value is -1.93. The molecule has 0 bridgehead atoms. The highest BCUT2D eigenvalue weighted by Gasteiger charge is 2.25. The van der Waals surface area contributed by atoms with Crippen molar-refractivity contribution in [3.63, 3.8) is 0 Å². The zero-order valence-electron chi connectivity index (χ0n) is 15.1. The summed E-state index contributed by atoms with van der Waals surface area (Å²) in [6.07, 6.45) is 3.93. The van der Waals surface area contributed by atoms with Crippen molar-refractivity contribution >= 4 is 21.9 Å². The molecule has 1 amide bonds. The van der Waals surface area contributed by atoms with Crippen molar-refractivity contribution in [1.29, 1.82) is 0 Å². The number of carboxylic acids is 1. The van der Waals surface area contributed by atoms with Crippen LogP contribution >= 0.6 is 0 Å². The average molecular weight is 382 g/mol. The van der Waals surface area contributed by atoms with Crippen LogP contribution in [-0.2, 0) is 14.8 Å². The van der Waals surface area contributed by atoms with Crippen molar-refractivity contribution in [3.05, 3.63) is 29.8 Å². The van der Waals surface area contributed by atoms with Crippen molar-refractivity contribution in [2.45, 2.75) is 62.9 Å². The molecule has 0 heterocycles. The summed E-state index contributed by atoms with van der Waals surface area (Å²) in [5, 5.41) is 11.7. The zero-order chi connectivity index (χ0) is 19.3. The first-order valence-corrected chi connectivity index (χ1v) is 10.3. The molecule has 0 aliphatic heterocycles. The Bertz CT molecular complexity index is 755. The van der Waals surface area contributed by atoms with Gasteiger partial charge in [0.2, 0.25) is 10.0 Å². The summed E-state index contributed by atoms with van der Waals surface area (Å²) < 4.78 is 27.7. The minimum absolute atomic E-state index is 0.00721. The predicted octanol–water partition coefficient (Wildman–Crippen LogP) is 2.14. The van der Waals surface area contributed by atoms with Crippen LogP contribution in [0, 0.1) is 5.92 Å². The molecule has 0 saturated heterocycles. The van der Waals surface area contributed by atoms with Crippen LogP contribution in [0.5, 0.6) is 0 Å². The molecule has 144 valence electrons. The number of carbonyl (C=O) groups excluding carboxylic acids is 1. The molecule has 0 spiro atoms. The first kappa shape index (κ1) is 20.4. The summed E-state index contributed by atoms with van der Waals surface area (Å²) in [4.78, 5) is 23.7. The Morgan fingerprint density at radius 1 is 1.23 bits per heavy atom. The molecule has 1 fully saturated rings. The van der Waals surface area contributed by atoms with Gasteiger partial charge in [-0.15, -0.1) is 0 Å². The van der Waals surface area contributed by atoms with Crippen LogP contribution in [0.4, 0.5) is 0 Å². The van der Waals surface area contributed by atoms with Crippen molar-refractivity contribution < 1.29 is 23.1 Å². The number of carbonyl (C=O) groups is 2. The second-order valence-electron chi connectivity index (χ2n) is 7.12. The van der Waals surface area contributed by atoms with Crippen LogP contribution in [0.1, 0.15) is 56.3 Å². The van der Waals surface area contributed by atoms with Crippen LogP contribution in [0.2, 0.25) is 0 Å². The smallest absolute Gasteiger partial charge is 0.326 e. The van der Waals surface area contributed by atoms with Gasteiger partial charge in [0.25, 0.3) is 5.91 Å². The molecular weight excluding hydrogens is 356 g/mol. The fourth-order valence-electron chi connectivity index (χ4n) is 3.07. The molecule has 3 N–H and O–H groups in total. The van der Waals surface area contributed by atoms with E-state index in [4.69, 9.17) is 0 Å². The van der Waals surface area contributed by atoms with E-state index in [0.717, 1.165) is 25.7 Å². The molecule has 1 aliphatic rings. The number of benzene rings is 1. The normalized spacial score (nSPS) is 16.6. The van der Waals surface area contributed by atoms with E-state index in [0.29, 0.717) is 6.42 Å². The van der Waals surface area contributed by atoms with Gasteiger partial charge in [-0.3, -0.25) is 4.79 Å². The third-order valence-corrected chi connectivity index (χ3v) is 5.91. The number of rotatable bonds is 8. The third kappa shape index (κ3) is 5.54. The van der Waals surface area contributed by atoms with E-state index in [2.05, 4.69) is 10.0 Å². The van der Waals surface area contributed by atoms with E-state index in [1.807, 2.05) is 13.8 Å². The number of sulfonamides is 1.